The van der Waals surface area contributed by atoms with Gasteiger partial charge in [-0.1, -0.05) is 6.92 Å². The van der Waals surface area contributed by atoms with Crippen LogP contribution < -0.4 is 0 Å². The van der Waals surface area contributed by atoms with Gasteiger partial charge in [-0.3, -0.25) is 0 Å². The fourth-order valence-electron chi connectivity index (χ4n) is 4.39. The van der Waals surface area contributed by atoms with E-state index in [-0.39, 0.29) is 0 Å². The SMILES string of the molecule is CC12C[C@@H]3CC(C[C@@H](C3)C1)[C@@H]2Cl. The maximum absolute atomic E-state index is 6.51. The van der Waals surface area contributed by atoms with E-state index in [9.17, 15) is 0 Å². The minimum Gasteiger partial charge on any atom is -0.122 e. The zero-order valence-corrected chi connectivity index (χ0v) is 8.48. The van der Waals surface area contributed by atoms with Crippen molar-refractivity contribution in [3.8, 4) is 0 Å². The molecule has 4 fully saturated rings. The predicted molar refractivity (Wildman–Crippen MR) is 51.3 cm³/mol. The fourth-order valence-corrected chi connectivity index (χ4v) is 4.77. The van der Waals surface area contributed by atoms with Crippen LogP contribution in [0.2, 0.25) is 0 Å². The molecular formula is C11H17Cl. The molecule has 12 heavy (non-hydrogen) atoms. The highest BCUT2D eigenvalue weighted by atomic mass is 35.5. The van der Waals surface area contributed by atoms with Gasteiger partial charge in [0, 0.05) is 5.38 Å². The Bertz CT molecular complexity index is 197. The molecule has 1 heteroatoms. The van der Waals surface area contributed by atoms with Gasteiger partial charge in [0.25, 0.3) is 0 Å². The van der Waals surface area contributed by atoms with Crippen LogP contribution in [0.3, 0.4) is 0 Å². The van der Waals surface area contributed by atoms with Gasteiger partial charge in [0.2, 0.25) is 0 Å². The van der Waals surface area contributed by atoms with Crippen molar-refractivity contribution in [1.82, 2.24) is 0 Å². The van der Waals surface area contributed by atoms with Crippen LogP contribution in [0.15, 0.2) is 0 Å². The summed E-state index contributed by atoms with van der Waals surface area (Å²) in [6, 6.07) is 0. The molecule has 0 saturated heterocycles. The van der Waals surface area contributed by atoms with Crippen molar-refractivity contribution in [1.29, 1.82) is 0 Å². The number of alkyl halides is 1. The molecule has 0 radical (unpaired) electrons. The second-order valence-corrected chi connectivity index (χ2v) is 6.13. The van der Waals surface area contributed by atoms with Crippen LogP contribution in [0.1, 0.15) is 39.0 Å². The molecule has 0 heterocycles. The van der Waals surface area contributed by atoms with Crippen molar-refractivity contribution in [2.24, 2.45) is 23.2 Å². The lowest BCUT2D eigenvalue weighted by Crippen LogP contribution is -2.52. The molecule has 0 nitrogen and oxygen atoms in total. The molecule has 4 rings (SSSR count). The van der Waals surface area contributed by atoms with Crippen LogP contribution in [0.25, 0.3) is 0 Å². The molecule has 4 saturated carbocycles. The standard InChI is InChI=1S/C11H17Cl/c1-11-5-7-2-8(6-11)4-9(3-7)10(11)12/h7-10H,2-6H2,1H3/t7-,8+,9?,10-,11?/m0/s1. The van der Waals surface area contributed by atoms with E-state index in [1.165, 1.54) is 32.1 Å². The highest BCUT2D eigenvalue weighted by Gasteiger charge is 2.53. The zero-order valence-electron chi connectivity index (χ0n) is 7.72. The first-order valence-electron chi connectivity index (χ1n) is 5.31. The second kappa shape index (κ2) is 2.20. The van der Waals surface area contributed by atoms with Crippen LogP contribution in [-0.4, -0.2) is 5.38 Å². The molecule has 0 aromatic rings. The van der Waals surface area contributed by atoms with Crippen molar-refractivity contribution in [3.63, 3.8) is 0 Å². The summed E-state index contributed by atoms with van der Waals surface area (Å²) in [6.45, 7) is 2.43. The molecule has 0 aliphatic heterocycles. The molecule has 4 bridgehead atoms. The Balaban J connectivity index is 1.97. The summed E-state index contributed by atoms with van der Waals surface area (Å²) in [5, 5.41) is 0.505. The molecule has 4 aliphatic rings. The van der Waals surface area contributed by atoms with Gasteiger partial charge >= 0.3 is 0 Å². The van der Waals surface area contributed by atoms with E-state index in [0.29, 0.717) is 10.8 Å². The smallest absolute Gasteiger partial charge is 0.0418 e. The summed E-state index contributed by atoms with van der Waals surface area (Å²) in [4.78, 5) is 0. The second-order valence-electron chi connectivity index (χ2n) is 5.66. The topological polar surface area (TPSA) is 0 Å². The Morgan fingerprint density at radius 3 is 2.17 bits per heavy atom. The highest BCUT2D eigenvalue weighted by molar-refractivity contribution is 6.21. The molecule has 0 spiro atoms. The Morgan fingerprint density at radius 2 is 1.67 bits per heavy atom. The zero-order chi connectivity index (χ0) is 8.34. The van der Waals surface area contributed by atoms with E-state index >= 15 is 0 Å². The van der Waals surface area contributed by atoms with E-state index in [0.717, 1.165) is 17.8 Å². The van der Waals surface area contributed by atoms with E-state index < -0.39 is 0 Å². The minimum atomic E-state index is 0.505. The maximum Gasteiger partial charge on any atom is 0.0418 e. The first-order valence-corrected chi connectivity index (χ1v) is 5.75. The number of hydrogen-bond acceptors (Lipinski definition) is 0. The van der Waals surface area contributed by atoms with Crippen molar-refractivity contribution < 1.29 is 0 Å². The molecule has 4 aliphatic carbocycles. The van der Waals surface area contributed by atoms with Gasteiger partial charge < -0.3 is 0 Å². The maximum atomic E-state index is 6.51. The Kier molecular flexibility index (Phi) is 1.41. The van der Waals surface area contributed by atoms with Gasteiger partial charge in [-0.2, -0.15) is 0 Å². The van der Waals surface area contributed by atoms with Crippen LogP contribution in [0.4, 0.5) is 0 Å². The molecule has 0 amide bonds. The lowest BCUT2D eigenvalue weighted by molar-refractivity contribution is -0.0361. The molecule has 0 aromatic heterocycles. The molecular weight excluding hydrogens is 168 g/mol. The third-order valence-corrected chi connectivity index (χ3v) is 5.41. The first kappa shape index (κ1) is 7.67. The van der Waals surface area contributed by atoms with Crippen LogP contribution in [0.5, 0.6) is 0 Å². The molecule has 5 atom stereocenters. The summed E-state index contributed by atoms with van der Waals surface area (Å²) in [5.74, 6) is 2.97. The average molecular weight is 185 g/mol. The van der Waals surface area contributed by atoms with Crippen molar-refractivity contribution in [2.75, 3.05) is 0 Å². The van der Waals surface area contributed by atoms with Gasteiger partial charge in [0.1, 0.15) is 0 Å². The third kappa shape index (κ3) is 0.852. The van der Waals surface area contributed by atoms with E-state index in [2.05, 4.69) is 6.92 Å². The lowest BCUT2D eigenvalue weighted by Gasteiger charge is -2.58. The quantitative estimate of drug-likeness (QED) is 0.506. The normalized spacial score (nSPS) is 62.5. The van der Waals surface area contributed by atoms with Gasteiger partial charge in [-0.05, 0) is 55.3 Å². The monoisotopic (exact) mass is 184 g/mol. The molecule has 2 unspecified atom stereocenters. The van der Waals surface area contributed by atoms with E-state index in [1.807, 2.05) is 0 Å². The highest BCUT2D eigenvalue weighted by Crippen LogP contribution is 2.61. The summed E-state index contributed by atoms with van der Waals surface area (Å²) in [6.07, 6.45) is 7.26. The summed E-state index contributed by atoms with van der Waals surface area (Å²) >= 11 is 6.51. The first-order chi connectivity index (χ1) is 5.67. The third-order valence-electron chi connectivity index (χ3n) is 4.53. The molecule has 0 aromatic carbocycles. The Labute approximate surface area is 79.7 Å². The minimum absolute atomic E-state index is 0.505. The average Bonchev–Trinajstić information content (AvgIpc) is 1.98. The van der Waals surface area contributed by atoms with E-state index in [1.54, 1.807) is 0 Å². The largest absolute Gasteiger partial charge is 0.122 e. The molecule has 68 valence electrons. The molecule has 0 N–H and O–H groups in total. The van der Waals surface area contributed by atoms with Gasteiger partial charge in [0.15, 0.2) is 0 Å². The Morgan fingerprint density at radius 1 is 1.08 bits per heavy atom. The summed E-state index contributed by atoms with van der Waals surface area (Å²) in [7, 11) is 0. The van der Waals surface area contributed by atoms with Crippen molar-refractivity contribution in [3.05, 3.63) is 0 Å². The van der Waals surface area contributed by atoms with Crippen molar-refractivity contribution >= 4 is 11.6 Å². The predicted octanol–water partition coefficient (Wildman–Crippen LogP) is 3.44. The number of hydrogen-bond donors (Lipinski definition) is 0. The van der Waals surface area contributed by atoms with Gasteiger partial charge in [-0.15, -0.1) is 11.6 Å². The number of halogens is 1. The lowest BCUT2D eigenvalue weighted by atomic mass is 9.50. The summed E-state index contributed by atoms with van der Waals surface area (Å²) in [5.41, 5.74) is 0.524. The van der Waals surface area contributed by atoms with Crippen molar-refractivity contribution in [2.45, 2.75) is 44.4 Å². The summed E-state index contributed by atoms with van der Waals surface area (Å²) < 4.78 is 0. The van der Waals surface area contributed by atoms with Crippen LogP contribution in [0, 0.1) is 23.2 Å². The van der Waals surface area contributed by atoms with Gasteiger partial charge in [-0.25, -0.2) is 0 Å². The number of rotatable bonds is 0. The van der Waals surface area contributed by atoms with Crippen LogP contribution in [-0.2, 0) is 0 Å². The van der Waals surface area contributed by atoms with Crippen LogP contribution >= 0.6 is 11.6 Å². The Hall–Kier alpha value is 0.290. The fraction of sp³-hybridized carbons (Fsp3) is 1.00. The van der Waals surface area contributed by atoms with Gasteiger partial charge in [0.05, 0.1) is 0 Å². The van der Waals surface area contributed by atoms with E-state index in [4.69, 9.17) is 11.6 Å².